The van der Waals surface area contributed by atoms with Crippen LogP contribution in [0.3, 0.4) is 0 Å². The summed E-state index contributed by atoms with van der Waals surface area (Å²) in [6, 6.07) is 19.0. The van der Waals surface area contributed by atoms with E-state index < -0.39 is 17.3 Å². The van der Waals surface area contributed by atoms with Crippen molar-refractivity contribution in [2.75, 3.05) is 13.2 Å². The number of carbonyl (C=O) groups excluding carboxylic acids is 1. The number of rotatable bonds is 9. The second kappa shape index (κ2) is 10.5. The molecule has 0 aliphatic heterocycles. The van der Waals surface area contributed by atoms with Gasteiger partial charge in [-0.05, 0) is 66.9 Å². The summed E-state index contributed by atoms with van der Waals surface area (Å²) < 4.78 is 24.3. The Morgan fingerprint density at radius 3 is 1.97 bits per heavy atom. The first-order valence-electron chi connectivity index (χ1n) is 10.3. The van der Waals surface area contributed by atoms with Gasteiger partial charge < -0.3 is 14.6 Å². The third-order valence-electron chi connectivity index (χ3n) is 4.72. The maximum absolute atomic E-state index is 13.4. The first-order chi connectivity index (χ1) is 15.5. The van der Waals surface area contributed by atoms with Crippen LogP contribution < -0.4 is 14.9 Å². The number of aliphatic hydroxyl groups is 1. The molecule has 3 rings (SSSR count). The number of nitrogens with one attached hydrogen (secondary N) is 1. The minimum absolute atomic E-state index is 0.337. The van der Waals surface area contributed by atoms with Gasteiger partial charge >= 0.3 is 0 Å². The first-order valence-corrected chi connectivity index (χ1v) is 10.3. The second-order valence-corrected chi connectivity index (χ2v) is 6.88. The van der Waals surface area contributed by atoms with Gasteiger partial charge in [-0.15, -0.1) is 0 Å². The lowest BCUT2D eigenvalue weighted by Crippen LogP contribution is -2.43. The van der Waals surface area contributed by atoms with Gasteiger partial charge in [-0.3, -0.25) is 4.79 Å². The predicted octanol–water partition coefficient (Wildman–Crippen LogP) is 4.01. The minimum atomic E-state index is -2.03. The lowest BCUT2D eigenvalue weighted by atomic mass is 9.85. The maximum atomic E-state index is 13.4. The molecule has 3 aromatic rings. The number of hydrazone groups is 1. The van der Waals surface area contributed by atoms with E-state index in [4.69, 9.17) is 9.47 Å². The Morgan fingerprint density at radius 2 is 1.50 bits per heavy atom. The zero-order valence-corrected chi connectivity index (χ0v) is 17.9. The second-order valence-electron chi connectivity index (χ2n) is 6.88. The van der Waals surface area contributed by atoms with E-state index in [-0.39, 0.29) is 0 Å². The van der Waals surface area contributed by atoms with Gasteiger partial charge in [0, 0.05) is 0 Å². The van der Waals surface area contributed by atoms with E-state index >= 15 is 0 Å². The van der Waals surface area contributed by atoms with Crippen molar-refractivity contribution in [2.45, 2.75) is 19.4 Å². The molecule has 0 aromatic heterocycles. The van der Waals surface area contributed by atoms with Crippen LogP contribution in [0.5, 0.6) is 11.5 Å². The Balaban J connectivity index is 1.92. The molecule has 7 heteroatoms. The van der Waals surface area contributed by atoms with Crippen molar-refractivity contribution in [3.05, 3.63) is 95.3 Å². The average molecular weight is 436 g/mol. The molecule has 0 heterocycles. The zero-order chi connectivity index (χ0) is 23.0. The van der Waals surface area contributed by atoms with Crippen molar-refractivity contribution in [3.8, 4) is 11.5 Å². The smallest absolute Gasteiger partial charge is 0.281 e. The number of nitrogens with zero attached hydrogens (tertiary/aromatic N) is 1. The van der Waals surface area contributed by atoms with Crippen molar-refractivity contribution >= 4 is 12.1 Å². The molecule has 6 nitrogen and oxygen atoms in total. The van der Waals surface area contributed by atoms with E-state index in [1.165, 1.54) is 24.4 Å². The van der Waals surface area contributed by atoms with Gasteiger partial charge in [0.05, 0.1) is 19.4 Å². The van der Waals surface area contributed by atoms with Gasteiger partial charge in [0.15, 0.2) is 5.60 Å². The van der Waals surface area contributed by atoms with Gasteiger partial charge in [0.25, 0.3) is 5.91 Å². The molecular weight excluding hydrogens is 411 g/mol. The lowest BCUT2D eigenvalue weighted by Gasteiger charge is -2.27. The summed E-state index contributed by atoms with van der Waals surface area (Å²) in [5.74, 6) is 0.0590. The largest absolute Gasteiger partial charge is 0.494 e. The molecule has 0 bridgehead atoms. The predicted molar refractivity (Wildman–Crippen MR) is 120 cm³/mol. The summed E-state index contributed by atoms with van der Waals surface area (Å²) in [6.45, 7) is 4.73. The lowest BCUT2D eigenvalue weighted by molar-refractivity contribution is -0.136. The van der Waals surface area contributed by atoms with E-state index in [2.05, 4.69) is 10.5 Å². The summed E-state index contributed by atoms with van der Waals surface area (Å²) in [5, 5.41) is 15.5. The van der Waals surface area contributed by atoms with Crippen LogP contribution in [0.2, 0.25) is 0 Å². The van der Waals surface area contributed by atoms with E-state index in [0.717, 1.165) is 0 Å². The monoisotopic (exact) mass is 436 g/mol. The number of carbonyl (C=O) groups is 1. The minimum Gasteiger partial charge on any atom is -0.494 e. The highest BCUT2D eigenvalue weighted by Gasteiger charge is 2.40. The van der Waals surface area contributed by atoms with Crippen LogP contribution >= 0.6 is 0 Å². The number of hydrogen-bond donors (Lipinski definition) is 2. The van der Waals surface area contributed by atoms with E-state index in [0.29, 0.717) is 41.4 Å². The molecule has 0 unspecified atom stereocenters. The highest BCUT2D eigenvalue weighted by Crippen LogP contribution is 2.32. The Labute approximate surface area is 186 Å². The summed E-state index contributed by atoms with van der Waals surface area (Å²) in [7, 11) is 0. The molecule has 0 aliphatic rings. The number of ether oxygens (including phenoxy) is 2. The molecule has 0 saturated carbocycles. The molecule has 0 aliphatic carbocycles. The fourth-order valence-electron chi connectivity index (χ4n) is 3.18. The Morgan fingerprint density at radius 1 is 0.969 bits per heavy atom. The van der Waals surface area contributed by atoms with E-state index in [9.17, 15) is 14.3 Å². The molecule has 3 aromatic carbocycles. The van der Waals surface area contributed by atoms with E-state index in [1.54, 1.807) is 54.6 Å². The number of benzene rings is 3. The van der Waals surface area contributed by atoms with Crippen LogP contribution in [0.25, 0.3) is 0 Å². The number of amides is 1. The van der Waals surface area contributed by atoms with Crippen molar-refractivity contribution in [1.29, 1.82) is 0 Å². The molecule has 166 valence electrons. The number of halogens is 1. The Hall–Kier alpha value is -3.71. The molecule has 0 radical (unpaired) electrons. The van der Waals surface area contributed by atoms with Gasteiger partial charge in [0.2, 0.25) is 0 Å². The molecule has 0 saturated heterocycles. The van der Waals surface area contributed by atoms with Crippen LogP contribution in [0, 0.1) is 5.82 Å². The maximum Gasteiger partial charge on any atom is 0.281 e. The third kappa shape index (κ3) is 5.31. The highest BCUT2D eigenvalue weighted by molar-refractivity contribution is 5.91. The molecule has 1 amide bonds. The van der Waals surface area contributed by atoms with Crippen LogP contribution in [0.4, 0.5) is 4.39 Å². The first kappa shape index (κ1) is 23.0. The van der Waals surface area contributed by atoms with Crippen LogP contribution in [0.15, 0.2) is 77.9 Å². The Bertz CT molecular complexity index is 1020. The molecular formula is C25H25FN2O4. The van der Waals surface area contributed by atoms with Gasteiger partial charge in [-0.25, -0.2) is 9.82 Å². The normalized spacial score (nSPS) is 11.4. The fraction of sp³-hybridized carbons (Fsp3) is 0.200. The molecule has 2 N–H and O–H groups in total. The summed E-state index contributed by atoms with van der Waals surface area (Å²) in [5.41, 5.74) is 1.47. The summed E-state index contributed by atoms with van der Waals surface area (Å²) in [6.07, 6.45) is 1.30. The van der Waals surface area contributed by atoms with Crippen molar-refractivity contribution in [2.24, 2.45) is 5.10 Å². The summed E-state index contributed by atoms with van der Waals surface area (Å²) in [4.78, 5) is 13.1. The average Bonchev–Trinajstić information content (AvgIpc) is 2.80. The Kier molecular flexibility index (Phi) is 7.57. The standard InChI is InChI=1S/C25H25FN2O4/c1-3-31-22-12-8-19(9-13-22)25(30,20-10-14-23(15-11-20)32-4-2)24(29)28-27-17-18-6-5-7-21(26)16-18/h5-17,30H,3-4H2,1-2H3,(H,28,29)/b27-17+. The quantitative estimate of drug-likeness (QED) is 0.392. The SMILES string of the molecule is CCOc1ccc(C(O)(C(=O)N/N=C/c2cccc(F)c2)c2ccc(OCC)cc2)cc1. The van der Waals surface area contributed by atoms with Crippen molar-refractivity contribution < 1.29 is 23.8 Å². The van der Waals surface area contributed by atoms with Gasteiger partial charge in [-0.1, -0.05) is 36.4 Å². The van der Waals surface area contributed by atoms with Gasteiger partial charge in [-0.2, -0.15) is 5.10 Å². The molecule has 0 spiro atoms. The molecule has 0 fully saturated rings. The van der Waals surface area contributed by atoms with E-state index in [1.807, 2.05) is 13.8 Å². The molecule has 32 heavy (non-hydrogen) atoms. The van der Waals surface area contributed by atoms with Crippen LogP contribution in [0.1, 0.15) is 30.5 Å². The van der Waals surface area contributed by atoms with Crippen LogP contribution in [-0.2, 0) is 10.4 Å². The summed E-state index contributed by atoms with van der Waals surface area (Å²) >= 11 is 0. The highest BCUT2D eigenvalue weighted by atomic mass is 19.1. The topological polar surface area (TPSA) is 80.2 Å². The third-order valence-corrected chi connectivity index (χ3v) is 4.72. The van der Waals surface area contributed by atoms with Crippen LogP contribution in [-0.4, -0.2) is 30.4 Å². The number of hydrogen-bond acceptors (Lipinski definition) is 5. The van der Waals surface area contributed by atoms with Gasteiger partial charge in [0.1, 0.15) is 17.3 Å². The van der Waals surface area contributed by atoms with Crippen molar-refractivity contribution in [3.63, 3.8) is 0 Å². The van der Waals surface area contributed by atoms with Crippen molar-refractivity contribution in [1.82, 2.24) is 5.43 Å². The fourth-order valence-corrected chi connectivity index (χ4v) is 3.18. The molecule has 0 atom stereocenters. The zero-order valence-electron chi connectivity index (χ0n) is 17.9.